The molecule has 1 aromatic carbocycles. The minimum absolute atomic E-state index is 0.235. The summed E-state index contributed by atoms with van der Waals surface area (Å²) in [5, 5.41) is 0. The van der Waals surface area contributed by atoms with Gasteiger partial charge in [-0.2, -0.15) is 0 Å². The second kappa shape index (κ2) is 6.29. The fourth-order valence-electron chi connectivity index (χ4n) is 2.51. The third-order valence-corrected chi connectivity index (χ3v) is 3.70. The van der Waals surface area contributed by atoms with Gasteiger partial charge in [0.05, 0.1) is 18.2 Å². The smallest absolute Gasteiger partial charge is 0.134 e. The van der Waals surface area contributed by atoms with Crippen molar-refractivity contribution < 1.29 is 9.13 Å². The molecule has 0 spiro atoms. The van der Waals surface area contributed by atoms with Gasteiger partial charge in [-0.1, -0.05) is 17.9 Å². The molecule has 1 aromatic heterocycles. The first-order valence-corrected chi connectivity index (χ1v) is 7.57. The van der Waals surface area contributed by atoms with Crippen LogP contribution < -0.4 is 0 Å². The van der Waals surface area contributed by atoms with E-state index < -0.39 is 0 Å². The standard InChI is InChI=1S/C20H17FN2O/c1-20(2)13-23-18(19(20)24-3)17-10-9-15(12-22-17)8-7-14-5-4-6-16(21)11-14/h4-6,9-13H,1-3H3. The normalized spacial score (nSPS) is 15.2. The maximum Gasteiger partial charge on any atom is 0.134 e. The molecule has 0 radical (unpaired) electrons. The van der Waals surface area contributed by atoms with Gasteiger partial charge in [0.2, 0.25) is 0 Å². The second-order valence-corrected chi connectivity index (χ2v) is 6.05. The minimum atomic E-state index is -0.295. The van der Waals surface area contributed by atoms with Crippen LogP contribution in [0.4, 0.5) is 4.39 Å². The Hall–Kier alpha value is -2.93. The third kappa shape index (κ3) is 3.21. The van der Waals surface area contributed by atoms with E-state index in [1.54, 1.807) is 25.4 Å². The summed E-state index contributed by atoms with van der Waals surface area (Å²) in [4.78, 5) is 8.86. The molecular weight excluding hydrogens is 303 g/mol. The van der Waals surface area contributed by atoms with Gasteiger partial charge in [0.1, 0.15) is 17.3 Å². The quantitative estimate of drug-likeness (QED) is 0.783. The molecule has 0 aliphatic carbocycles. The van der Waals surface area contributed by atoms with E-state index >= 15 is 0 Å². The zero-order valence-electron chi connectivity index (χ0n) is 13.8. The van der Waals surface area contributed by atoms with Crippen LogP contribution in [0.5, 0.6) is 0 Å². The summed E-state index contributed by atoms with van der Waals surface area (Å²) in [5.41, 5.74) is 2.63. The highest BCUT2D eigenvalue weighted by Gasteiger charge is 2.31. The maximum absolute atomic E-state index is 13.1. The van der Waals surface area contributed by atoms with Crippen LogP contribution in [0.15, 0.2) is 53.3 Å². The van der Waals surface area contributed by atoms with Crippen LogP contribution in [-0.2, 0) is 4.74 Å². The molecule has 2 aromatic rings. The molecule has 4 heteroatoms. The lowest BCUT2D eigenvalue weighted by Gasteiger charge is -2.18. The number of rotatable bonds is 2. The van der Waals surface area contributed by atoms with E-state index in [0.717, 1.165) is 22.7 Å². The van der Waals surface area contributed by atoms with Gasteiger partial charge in [0.15, 0.2) is 0 Å². The number of aromatic nitrogens is 1. The van der Waals surface area contributed by atoms with E-state index in [4.69, 9.17) is 4.74 Å². The van der Waals surface area contributed by atoms with Crippen molar-refractivity contribution in [3.05, 3.63) is 71.0 Å². The van der Waals surface area contributed by atoms with Crippen molar-refractivity contribution in [1.82, 2.24) is 4.98 Å². The predicted molar refractivity (Wildman–Crippen MR) is 92.8 cm³/mol. The monoisotopic (exact) mass is 320 g/mol. The number of pyridine rings is 1. The van der Waals surface area contributed by atoms with Gasteiger partial charge in [0.25, 0.3) is 0 Å². The lowest BCUT2D eigenvalue weighted by Crippen LogP contribution is -2.14. The molecule has 0 atom stereocenters. The van der Waals surface area contributed by atoms with Crippen molar-refractivity contribution in [3.63, 3.8) is 0 Å². The van der Waals surface area contributed by atoms with Gasteiger partial charge in [-0.05, 0) is 44.2 Å². The maximum atomic E-state index is 13.1. The zero-order chi connectivity index (χ0) is 17.2. The third-order valence-electron chi connectivity index (χ3n) is 3.70. The molecule has 2 heterocycles. The fourth-order valence-corrected chi connectivity index (χ4v) is 2.51. The van der Waals surface area contributed by atoms with Crippen molar-refractivity contribution in [3.8, 4) is 11.8 Å². The highest BCUT2D eigenvalue weighted by atomic mass is 19.1. The molecule has 0 fully saturated rings. The van der Waals surface area contributed by atoms with Crippen molar-refractivity contribution in [2.75, 3.05) is 7.11 Å². The molecule has 1 aliphatic heterocycles. The molecular formula is C20H17FN2O. The number of benzene rings is 1. The first-order valence-electron chi connectivity index (χ1n) is 7.57. The minimum Gasteiger partial charge on any atom is -0.498 e. The molecule has 120 valence electrons. The molecule has 3 rings (SSSR count). The highest BCUT2D eigenvalue weighted by Crippen LogP contribution is 2.37. The Morgan fingerprint density at radius 3 is 2.54 bits per heavy atom. The summed E-state index contributed by atoms with van der Waals surface area (Å²) >= 11 is 0. The van der Waals surface area contributed by atoms with Crippen molar-refractivity contribution in [2.24, 2.45) is 10.4 Å². The van der Waals surface area contributed by atoms with E-state index in [1.165, 1.54) is 12.1 Å². The Balaban J connectivity index is 1.86. The number of methoxy groups -OCH3 is 1. The fraction of sp³-hybridized carbons (Fsp3) is 0.200. The van der Waals surface area contributed by atoms with Crippen LogP contribution in [0.2, 0.25) is 0 Å². The molecule has 0 N–H and O–H groups in total. The number of allylic oxidation sites excluding steroid dienone is 1. The van der Waals surface area contributed by atoms with Gasteiger partial charge in [-0.15, -0.1) is 0 Å². The summed E-state index contributed by atoms with van der Waals surface area (Å²) in [6, 6.07) is 9.94. The average Bonchev–Trinajstić information content (AvgIpc) is 2.88. The molecule has 0 saturated carbocycles. The van der Waals surface area contributed by atoms with Crippen molar-refractivity contribution in [1.29, 1.82) is 0 Å². The van der Waals surface area contributed by atoms with Crippen LogP contribution in [0.3, 0.4) is 0 Å². The molecule has 0 amide bonds. The van der Waals surface area contributed by atoms with Crippen LogP contribution >= 0.6 is 0 Å². The Morgan fingerprint density at radius 2 is 1.88 bits per heavy atom. The van der Waals surface area contributed by atoms with E-state index in [1.807, 2.05) is 32.2 Å². The molecule has 0 saturated heterocycles. The second-order valence-electron chi connectivity index (χ2n) is 6.05. The van der Waals surface area contributed by atoms with Gasteiger partial charge in [-0.25, -0.2) is 4.39 Å². The Bertz CT molecular complexity index is 884. The Labute approximate surface area is 140 Å². The van der Waals surface area contributed by atoms with Crippen molar-refractivity contribution >= 4 is 11.9 Å². The average molecular weight is 320 g/mol. The molecule has 0 bridgehead atoms. The first kappa shape index (κ1) is 15.9. The summed E-state index contributed by atoms with van der Waals surface area (Å²) in [6.07, 6.45) is 3.54. The number of nitrogens with zero attached hydrogens (tertiary/aromatic N) is 2. The summed E-state index contributed by atoms with van der Waals surface area (Å²) in [6.45, 7) is 4.09. The number of halogens is 1. The molecule has 3 nitrogen and oxygen atoms in total. The van der Waals surface area contributed by atoms with Gasteiger partial charge in [0, 0.05) is 23.5 Å². The first-order chi connectivity index (χ1) is 11.5. The van der Waals surface area contributed by atoms with Crippen LogP contribution in [0.1, 0.15) is 30.7 Å². The van der Waals surface area contributed by atoms with E-state index in [-0.39, 0.29) is 11.2 Å². The van der Waals surface area contributed by atoms with Crippen LogP contribution in [-0.4, -0.2) is 18.3 Å². The number of ether oxygens (including phenoxy) is 1. The molecule has 1 aliphatic rings. The van der Waals surface area contributed by atoms with Crippen molar-refractivity contribution in [2.45, 2.75) is 13.8 Å². The van der Waals surface area contributed by atoms with Crippen LogP contribution in [0, 0.1) is 23.1 Å². The topological polar surface area (TPSA) is 34.5 Å². The Morgan fingerprint density at radius 1 is 1.08 bits per heavy atom. The van der Waals surface area contributed by atoms with E-state index in [9.17, 15) is 4.39 Å². The van der Waals surface area contributed by atoms with Crippen LogP contribution in [0.25, 0.3) is 5.70 Å². The zero-order valence-corrected chi connectivity index (χ0v) is 13.8. The summed E-state index contributed by atoms with van der Waals surface area (Å²) in [7, 11) is 1.64. The largest absolute Gasteiger partial charge is 0.498 e. The van der Waals surface area contributed by atoms with Gasteiger partial charge >= 0.3 is 0 Å². The van der Waals surface area contributed by atoms with E-state index in [2.05, 4.69) is 21.8 Å². The summed E-state index contributed by atoms with van der Waals surface area (Å²) in [5.74, 6) is 6.41. The number of hydrogen-bond donors (Lipinski definition) is 0. The molecule has 24 heavy (non-hydrogen) atoms. The lowest BCUT2D eigenvalue weighted by molar-refractivity contribution is 0.239. The Kier molecular flexibility index (Phi) is 4.18. The SMILES string of the molecule is COC1=C(c2ccc(C#Cc3cccc(F)c3)cn2)N=CC1(C)C. The van der Waals surface area contributed by atoms with Gasteiger partial charge in [-0.3, -0.25) is 9.98 Å². The van der Waals surface area contributed by atoms with E-state index in [0.29, 0.717) is 5.56 Å². The molecule has 0 unspecified atom stereocenters. The lowest BCUT2D eigenvalue weighted by atomic mass is 9.93. The highest BCUT2D eigenvalue weighted by molar-refractivity contribution is 5.86. The number of aliphatic imine (C=N–C) groups is 1. The number of hydrogen-bond acceptors (Lipinski definition) is 3. The predicted octanol–water partition coefficient (Wildman–Crippen LogP) is 4.05. The van der Waals surface area contributed by atoms with Gasteiger partial charge < -0.3 is 4.74 Å². The summed E-state index contributed by atoms with van der Waals surface area (Å²) < 4.78 is 18.6.